The number of amides is 1. The molecule has 2 rings (SSSR count). The van der Waals surface area contributed by atoms with Crippen LogP contribution in [-0.4, -0.2) is 54.0 Å². The van der Waals surface area contributed by atoms with Gasteiger partial charge in [0, 0.05) is 26.3 Å². The molecule has 3 N–H and O–H groups in total. The molecular weight excluding hydrogens is 254 g/mol. The van der Waals surface area contributed by atoms with Gasteiger partial charge in [-0.1, -0.05) is 12.1 Å². The Bertz CT molecular complexity index is 476. The highest BCUT2D eigenvalue weighted by molar-refractivity contribution is 5.81. The fourth-order valence-electron chi connectivity index (χ4n) is 2.72. The van der Waals surface area contributed by atoms with Crippen LogP contribution in [0.15, 0.2) is 24.3 Å². The summed E-state index contributed by atoms with van der Waals surface area (Å²) >= 11 is 0. The highest BCUT2D eigenvalue weighted by Gasteiger charge is 2.32. The minimum atomic E-state index is -0.617. The number of rotatable bonds is 4. The van der Waals surface area contributed by atoms with E-state index in [1.165, 1.54) is 0 Å². The van der Waals surface area contributed by atoms with E-state index in [0.29, 0.717) is 12.2 Å². The molecule has 1 aliphatic rings. The number of aliphatic hydroxyl groups excluding tert-OH is 1. The van der Waals surface area contributed by atoms with Crippen molar-refractivity contribution in [2.45, 2.75) is 25.0 Å². The molecule has 2 atom stereocenters. The van der Waals surface area contributed by atoms with Crippen molar-refractivity contribution in [1.82, 2.24) is 9.80 Å². The lowest BCUT2D eigenvalue weighted by Crippen LogP contribution is -2.44. The molecule has 1 aromatic carbocycles. The maximum Gasteiger partial charge on any atom is 0.239 e. The van der Waals surface area contributed by atoms with Crippen LogP contribution in [0, 0.1) is 0 Å². The summed E-state index contributed by atoms with van der Waals surface area (Å²) < 4.78 is 0. The first-order chi connectivity index (χ1) is 9.49. The first-order valence-corrected chi connectivity index (χ1v) is 6.97. The van der Waals surface area contributed by atoms with Gasteiger partial charge in [-0.15, -0.1) is 0 Å². The van der Waals surface area contributed by atoms with Crippen LogP contribution in [0.5, 0.6) is 0 Å². The molecule has 1 aliphatic heterocycles. The number of likely N-dealkylation sites (N-methyl/N-ethyl adjacent to an activating group) is 1. The molecule has 5 nitrogen and oxygen atoms in total. The SMILES string of the molecule is CN(C)C(=O)C1CCCN1CC(O)c1cccc(N)c1. The number of carbonyl (C=O) groups is 1. The molecule has 1 saturated heterocycles. The summed E-state index contributed by atoms with van der Waals surface area (Å²) in [6.45, 7) is 1.32. The van der Waals surface area contributed by atoms with Gasteiger partial charge in [-0.25, -0.2) is 0 Å². The third kappa shape index (κ3) is 3.29. The van der Waals surface area contributed by atoms with E-state index in [2.05, 4.69) is 4.90 Å². The molecular formula is C15H23N3O2. The Balaban J connectivity index is 2.03. The number of β-amino-alcohol motifs (C(OH)–C–C–N with tert-alkyl or cyclic N) is 1. The number of nitrogens with zero attached hydrogens (tertiary/aromatic N) is 2. The molecule has 5 heteroatoms. The zero-order valence-electron chi connectivity index (χ0n) is 12.1. The monoisotopic (exact) mass is 277 g/mol. The number of benzene rings is 1. The fourth-order valence-corrected chi connectivity index (χ4v) is 2.72. The van der Waals surface area contributed by atoms with E-state index < -0.39 is 6.10 Å². The lowest BCUT2D eigenvalue weighted by atomic mass is 10.1. The second-order valence-electron chi connectivity index (χ2n) is 5.57. The average Bonchev–Trinajstić information content (AvgIpc) is 2.85. The maximum absolute atomic E-state index is 12.1. The smallest absolute Gasteiger partial charge is 0.239 e. The van der Waals surface area contributed by atoms with E-state index >= 15 is 0 Å². The first-order valence-electron chi connectivity index (χ1n) is 6.97. The van der Waals surface area contributed by atoms with Gasteiger partial charge in [-0.2, -0.15) is 0 Å². The number of hydrogen-bond acceptors (Lipinski definition) is 4. The predicted molar refractivity (Wildman–Crippen MR) is 79.1 cm³/mol. The van der Waals surface area contributed by atoms with Crippen LogP contribution in [-0.2, 0) is 4.79 Å². The summed E-state index contributed by atoms with van der Waals surface area (Å²) in [4.78, 5) is 15.8. The van der Waals surface area contributed by atoms with Gasteiger partial charge in [-0.05, 0) is 37.1 Å². The Kier molecular flexibility index (Phi) is 4.62. The molecule has 1 fully saturated rings. The molecule has 1 amide bonds. The lowest BCUT2D eigenvalue weighted by molar-refractivity contribution is -0.133. The van der Waals surface area contributed by atoms with Crippen LogP contribution in [0.3, 0.4) is 0 Å². The number of anilines is 1. The van der Waals surface area contributed by atoms with Crippen molar-refractivity contribution in [3.05, 3.63) is 29.8 Å². The van der Waals surface area contributed by atoms with E-state index in [-0.39, 0.29) is 11.9 Å². The summed E-state index contributed by atoms with van der Waals surface area (Å²) in [6, 6.07) is 7.16. The number of nitrogens with two attached hydrogens (primary N) is 1. The standard InChI is InChI=1S/C15H23N3O2/c1-17(2)15(20)13-7-4-8-18(13)10-14(19)11-5-3-6-12(16)9-11/h3,5-6,9,13-14,19H,4,7-8,10,16H2,1-2H3. The molecule has 0 aromatic heterocycles. The van der Waals surface area contributed by atoms with Gasteiger partial charge >= 0.3 is 0 Å². The average molecular weight is 277 g/mol. The summed E-state index contributed by atoms with van der Waals surface area (Å²) in [5, 5.41) is 10.3. The highest BCUT2D eigenvalue weighted by Crippen LogP contribution is 2.23. The van der Waals surface area contributed by atoms with Crippen LogP contribution < -0.4 is 5.73 Å². The molecule has 0 saturated carbocycles. The number of aliphatic hydroxyl groups is 1. The van der Waals surface area contributed by atoms with Crippen molar-refractivity contribution < 1.29 is 9.90 Å². The van der Waals surface area contributed by atoms with E-state index in [9.17, 15) is 9.90 Å². The number of likely N-dealkylation sites (tertiary alicyclic amines) is 1. The van der Waals surface area contributed by atoms with Crippen LogP contribution in [0.25, 0.3) is 0 Å². The van der Waals surface area contributed by atoms with Crippen LogP contribution in [0.4, 0.5) is 5.69 Å². The van der Waals surface area contributed by atoms with Crippen molar-refractivity contribution >= 4 is 11.6 Å². The molecule has 1 heterocycles. The van der Waals surface area contributed by atoms with Gasteiger partial charge in [0.25, 0.3) is 0 Å². The second kappa shape index (κ2) is 6.24. The molecule has 20 heavy (non-hydrogen) atoms. The lowest BCUT2D eigenvalue weighted by Gasteiger charge is -2.28. The summed E-state index contributed by atoms with van der Waals surface area (Å²) in [7, 11) is 3.54. The second-order valence-corrected chi connectivity index (χ2v) is 5.57. The first kappa shape index (κ1) is 14.8. The van der Waals surface area contributed by atoms with Crippen molar-refractivity contribution in [2.24, 2.45) is 0 Å². The molecule has 2 unspecified atom stereocenters. The Morgan fingerprint density at radius 1 is 1.55 bits per heavy atom. The Hall–Kier alpha value is -1.59. The molecule has 0 spiro atoms. The van der Waals surface area contributed by atoms with E-state index in [0.717, 1.165) is 24.9 Å². The molecule has 0 bridgehead atoms. The third-order valence-corrected chi connectivity index (χ3v) is 3.79. The van der Waals surface area contributed by atoms with Crippen LogP contribution in [0.2, 0.25) is 0 Å². The van der Waals surface area contributed by atoms with Crippen molar-refractivity contribution in [2.75, 3.05) is 32.9 Å². The van der Waals surface area contributed by atoms with Crippen molar-refractivity contribution in [1.29, 1.82) is 0 Å². The number of hydrogen-bond donors (Lipinski definition) is 2. The number of carbonyl (C=O) groups excluding carboxylic acids is 1. The molecule has 0 radical (unpaired) electrons. The third-order valence-electron chi connectivity index (χ3n) is 3.79. The minimum Gasteiger partial charge on any atom is -0.399 e. The maximum atomic E-state index is 12.1. The Morgan fingerprint density at radius 3 is 2.95 bits per heavy atom. The van der Waals surface area contributed by atoms with Crippen LogP contribution in [0.1, 0.15) is 24.5 Å². The van der Waals surface area contributed by atoms with E-state index in [1.54, 1.807) is 31.1 Å². The van der Waals surface area contributed by atoms with Crippen molar-refractivity contribution in [3.63, 3.8) is 0 Å². The van der Waals surface area contributed by atoms with Gasteiger partial charge in [0.1, 0.15) is 0 Å². The quantitative estimate of drug-likeness (QED) is 0.801. The zero-order chi connectivity index (χ0) is 14.7. The van der Waals surface area contributed by atoms with Gasteiger partial charge in [0.2, 0.25) is 5.91 Å². The minimum absolute atomic E-state index is 0.110. The van der Waals surface area contributed by atoms with Gasteiger partial charge in [-0.3, -0.25) is 9.69 Å². The van der Waals surface area contributed by atoms with Gasteiger partial charge in [0.15, 0.2) is 0 Å². The van der Waals surface area contributed by atoms with E-state index in [4.69, 9.17) is 5.73 Å². The van der Waals surface area contributed by atoms with E-state index in [1.807, 2.05) is 12.1 Å². The van der Waals surface area contributed by atoms with Gasteiger partial charge < -0.3 is 15.7 Å². The summed E-state index contributed by atoms with van der Waals surface area (Å²) in [6.07, 6.45) is 1.24. The Morgan fingerprint density at radius 2 is 2.30 bits per heavy atom. The molecule has 0 aliphatic carbocycles. The molecule has 110 valence electrons. The summed E-state index contributed by atoms with van der Waals surface area (Å²) in [5.74, 6) is 0.113. The topological polar surface area (TPSA) is 69.8 Å². The predicted octanol–water partition coefficient (Wildman–Crippen LogP) is 0.855. The normalized spacial score (nSPS) is 20.9. The van der Waals surface area contributed by atoms with Crippen LogP contribution >= 0.6 is 0 Å². The van der Waals surface area contributed by atoms with Gasteiger partial charge in [0.05, 0.1) is 12.1 Å². The summed E-state index contributed by atoms with van der Waals surface area (Å²) in [5.41, 5.74) is 7.18. The fraction of sp³-hybridized carbons (Fsp3) is 0.533. The zero-order valence-corrected chi connectivity index (χ0v) is 12.1. The Labute approximate surface area is 120 Å². The molecule has 1 aromatic rings. The number of nitrogen functional groups attached to an aromatic ring is 1. The largest absolute Gasteiger partial charge is 0.399 e. The highest BCUT2D eigenvalue weighted by atomic mass is 16.3. The van der Waals surface area contributed by atoms with Crippen molar-refractivity contribution in [3.8, 4) is 0 Å².